The second-order valence-corrected chi connectivity index (χ2v) is 4.13. The maximum absolute atomic E-state index is 5.31. The molecule has 0 aromatic carbocycles. The number of H-pyrrole nitrogens is 1. The molecule has 2 aromatic heterocycles. The molecule has 0 amide bonds. The van der Waals surface area contributed by atoms with Gasteiger partial charge in [-0.2, -0.15) is 4.98 Å². The zero-order valence-electron chi connectivity index (χ0n) is 10.4. The molecule has 92 valence electrons. The third kappa shape index (κ3) is 2.39. The Labute approximate surface area is 101 Å². The van der Waals surface area contributed by atoms with Gasteiger partial charge in [-0.3, -0.25) is 0 Å². The summed E-state index contributed by atoms with van der Waals surface area (Å²) in [6.45, 7) is 4.23. The average molecular weight is 234 g/mol. The fourth-order valence-corrected chi connectivity index (χ4v) is 1.98. The first kappa shape index (κ1) is 11.9. The molecule has 0 saturated carbocycles. The molecule has 2 rings (SSSR count). The van der Waals surface area contributed by atoms with Crippen molar-refractivity contribution < 1.29 is 4.52 Å². The van der Waals surface area contributed by atoms with Crippen molar-refractivity contribution in [1.29, 1.82) is 0 Å². The standard InChI is InChI=1S/C12H18N4O/c1-4-9(13-3)8(2)12-15-11(16-17-12)10-6-5-7-14-10/h5-9,13-14H,4H2,1-3H3. The van der Waals surface area contributed by atoms with Gasteiger partial charge >= 0.3 is 0 Å². The Morgan fingerprint density at radius 2 is 2.35 bits per heavy atom. The van der Waals surface area contributed by atoms with Gasteiger partial charge in [-0.15, -0.1) is 0 Å². The molecule has 2 aromatic rings. The summed E-state index contributed by atoms with van der Waals surface area (Å²) in [6, 6.07) is 4.19. The van der Waals surface area contributed by atoms with Crippen LogP contribution in [0.2, 0.25) is 0 Å². The number of rotatable bonds is 5. The van der Waals surface area contributed by atoms with E-state index in [9.17, 15) is 0 Å². The molecule has 5 heteroatoms. The molecule has 0 bridgehead atoms. The summed E-state index contributed by atoms with van der Waals surface area (Å²) >= 11 is 0. The summed E-state index contributed by atoms with van der Waals surface area (Å²) in [5.74, 6) is 1.50. The Bertz CT molecular complexity index is 445. The maximum atomic E-state index is 5.31. The van der Waals surface area contributed by atoms with Crippen molar-refractivity contribution in [2.24, 2.45) is 0 Å². The Hall–Kier alpha value is -1.62. The van der Waals surface area contributed by atoms with Crippen LogP contribution in [0.3, 0.4) is 0 Å². The number of nitrogens with zero attached hydrogens (tertiary/aromatic N) is 2. The van der Waals surface area contributed by atoms with Gasteiger partial charge in [-0.1, -0.05) is 19.0 Å². The van der Waals surface area contributed by atoms with Gasteiger partial charge in [0.25, 0.3) is 0 Å². The van der Waals surface area contributed by atoms with E-state index in [2.05, 4.69) is 34.3 Å². The van der Waals surface area contributed by atoms with Gasteiger partial charge in [0.1, 0.15) is 0 Å². The van der Waals surface area contributed by atoms with Gasteiger partial charge in [0, 0.05) is 12.2 Å². The molecule has 0 aliphatic heterocycles. The minimum Gasteiger partial charge on any atom is -0.359 e. The first-order valence-electron chi connectivity index (χ1n) is 5.90. The van der Waals surface area contributed by atoms with Crippen LogP contribution in [0.15, 0.2) is 22.9 Å². The Kier molecular flexibility index (Phi) is 3.58. The van der Waals surface area contributed by atoms with Gasteiger partial charge in [0.05, 0.1) is 11.6 Å². The molecule has 5 nitrogen and oxygen atoms in total. The molecule has 2 N–H and O–H groups in total. The zero-order valence-corrected chi connectivity index (χ0v) is 10.4. The molecular weight excluding hydrogens is 216 g/mol. The molecule has 0 aliphatic rings. The van der Waals surface area contributed by atoms with E-state index in [0.717, 1.165) is 12.1 Å². The van der Waals surface area contributed by atoms with Crippen LogP contribution in [-0.4, -0.2) is 28.2 Å². The van der Waals surface area contributed by atoms with Gasteiger partial charge in [0.2, 0.25) is 11.7 Å². The second kappa shape index (κ2) is 5.14. The summed E-state index contributed by atoms with van der Waals surface area (Å²) < 4.78 is 5.31. The van der Waals surface area contributed by atoms with Crippen molar-refractivity contribution in [2.45, 2.75) is 32.2 Å². The van der Waals surface area contributed by atoms with E-state index in [4.69, 9.17) is 4.52 Å². The van der Waals surface area contributed by atoms with Crippen LogP contribution in [0.25, 0.3) is 11.5 Å². The monoisotopic (exact) mass is 234 g/mol. The van der Waals surface area contributed by atoms with Gasteiger partial charge in [-0.25, -0.2) is 0 Å². The number of aromatic nitrogens is 3. The molecule has 2 atom stereocenters. The first-order chi connectivity index (χ1) is 8.26. The molecule has 0 saturated heterocycles. The lowest BCUT2D eigenvalue weighted by Gasteiger charge is -2.18. The predicted octanol–water partition coefficient (Wildman–Crippen LogP) is 2.17. The largest absolute Gasteiger partial charge is 0.359 e. The molecule has 17 heavy (non-hydrogen) atoms. The lowest BCUT2D eigenvalue weighted by Crippen LogP contribution is -2.30. The van der Waals surface area contributed by atoms with E-state index < -0.39 is 0 Å². The number of likely N-dealkylation sites (N-methyl/N-ethyl adjacent to an activating group) is 1. The Morgan fingerprint density at radius 1 is 1.53 bits per heavy atom. The molecular formula is C12H18N4O. The predicted molar refractivity (Wildman–Crippen MR) is 65.6 cm³/mol. The summed E-state index contributed by atoms with van der Waals surface area (Å²) in [4.78, 5) is 7.48. The summed E-state index contributed by atoms with van der Waals surface area (Å²) in [5, 5.41) is 7.24. The fourth-order valence-electron chi connectivity index (χ4n) is 1.98. The molecule has 2 unspecified atom stereocenters. The third-order valence-electron chi connectivity index (χ3n) is 3.08. The van der Waals surface area contributed by atoms with Crippen LogP contribution in [0.4, 0.5) is 0 Å². The number of aromatic amines is 1. The van der Waals surface area contributed by atoms with Crippen LogP contribution in [-0.2, 0) is 0 Å². The van der Waals surface area contributed by atoms with E-state index in [1.54, 1.807) is 0 Å². The highest BCUT2D eigenvalue weighted by atomic mass is 16.5. The maximum Gasteiger partial charge on any atom is 0.231 e. The number of nitrogens with one attached hydrogen (secondary N) is 2. The third-order valence-corrected chi connectivity index (χ3v) is 3.08. The minimum atomic E-state index is 0.209. The Morgan fingerprint density at radius 3 is 2.94 bits per heavy atom. The van der Waals surface area contributed by atoms with E-state index in [1.165, 1.54) is 0 Å². The topological polar surface area (TPSA) is 66.7 Å². The van der Waals surface area contributed by atoms with Crippen molar-refractivity contribution >= 4 is 0 Å². The SMILES string of the molecule is CCC(NC)C(C)c1nc(-c2ccc[nH]2)no1. The summed E-state index contributed by atoms with van der Waals surface area (Å²) in [5.41, 5.74) is 0.879. The summed E-state index contributed by atoms with van der Waals surface area (Å²) in [6.07, 6.45) is 2.87. The van der Waals surface area contributed by atoms with E-state index in [1.807, 2.05) is 25.4 Å². The van der Waals surface area contributed by atoms with Crippen LogP contribution in [0, 0.1) is 0 Å². The minimum absolute atomic E-state index is 0.209. The second-order valence-electron chi connectivity index (χ2n) is 4.13. The van der Waals surface area contributed by atoms with Gasteiger partial charge < -0.3 is 14.8 Å². The van der Waals surface area contributed by atoms with Crippen molar-refractivity contribution in [1.82, 2.24) is 20.4 Å². The molecule has 0 aliphatic carbocycles. The van der Waals surface area contributed by atoms with Crippen molar-refractivity contribution in [2.75, 3.05) is 7.05 Å². The quantitative estimate of drug-likeness (QED) is 0.832. The molecule has 0 fully saturated rings. The highest BCUT2D eigenvalue weighted by molar-refractivity contribution is 5.47. The van der Waals surface area contributed by atoms with Crippen LogP contribution >= 0.6 is 0 Å². The van der Waals surface area contributed by atoms with Gasteiger partial charge in [0.15, 0.2) is 0 Å². The first-order valence-corrected chi connectivity index (χ1v) is 5.90. The number of hydrogen-bond acceptors (Lipinski definition) is 4. The Balaban J connectivity index is 2.18. The van der Waals surface area contributed by atoms with E-state index >= 15 is 0 Å². The normalized spacial score (nSPS) is 14.8. The van der Waals surface area contributed by atoms with E-state index in [0.29, 0.717) is 17.8 Å². The van der Waals surface area contributed by atoms with Crippen molar-refractivity contribution in [3.63, 3.8) is 0 Å². The van der Waals surface area contributed by atoms with Crippen LogP contribution in [0.1, 0.15) is 32.1 Å². The zero-order chi connectivity index (χ0) is 12.3. The highest BCUT2D eigenvalue weighted by Gasteiger charge is 2.22. The fraction of sp³-hybridized carbons (Fsp3) is 0.500. The highest BCUT2D eigenvalue weighted by Crippen LogP contribution is 2.22. The molecule has 2 heterocycles. The summed E-state index contributed by atoms with van der Waals surface area (Å²) in [7, 11) is 1.95. The molecule has 0 radical (unpaired) electrons. The number of hydrogen-bond donors (Lipinski definition) is 2. The molecule has 0 spiro atoms. The van der Waals surface area contributed by atoms with Crippen molar-refractivity contribution in [3.8, 4) is 11.5 Å². The lowest BCUT2D eigenvalue weighted by atomic mass is 10.00. The smallest absolute Gasteiger partial charge is 0.231 e. The van der Waals surface area contributed by atoms with Gasteiger partial charge in [-0.05, 0) is 25.6 Å². The van der Waals surface area contributed by atoms with E-state index in [-0.39, 0.29) is 5.92 Å². The van der Waals surface area contributed by atoms with Crippen molar-refractivity contribution in [3.05, 3.63) is 24.2 Å². The average Bonchev–Trinajstić information content (AvgIpc) is 3.01. The van der Waals surface area contributed by atoms with Crippen LogP contribution in [0.5, 0.6) is 0 Å². The van der Waals surface area contributed by atoms with Crippen LogP contribution < -0.4 is 5.32 Å². The lowest BCUT2D eigenvalue weighted by molar-refractivity contribution is 0.326.